The first-order valence-corrected chi connectivity index (χ1v) is 11.4. The lowest BCUT2D eigenvalue weighted by Gasteiger charge is -2.42. The normalized spacial score (nSPS) is 21.8. The average Bonchev–Trinajstić information content (AvgIpc) is 3.60. The molecule has 0 aromatic heterocycles. The Morgan fingerprint density at radius 2 is 1.70 bits per heavy atom. The van der Waals surface area contributed by atoms with Crippen molar-refractivity contribution in [3.63, 3.8) is 0 Å². The van der Waals surface area contributed by atoms with Crippen LogP contribution in [0.1, 0.15) is 41.9 Å². The van der Waals surface area contributed by atoms with Crippen LogP contribution in [-0.4, -0.2) is 42.7 Å². The maximum atomic E-state index is 13.6. The molecule has 1 N–H and O–H groups in total. The summed E-state index contributed by atoms with van der Waals surface area (Å²) in [5, 5.41) is 12.2. The highest BCUT2D eigenvalue weighted by atomic mass is 19.4. The topological polar surface area (TPSA) is 56.1 Å². The van der Waals surface area contributed by atoms with Crippen molar-refractivity contribution >= 4 is 5.91 Å². The zero-order chi connectivity index (χ0) is 23.5. The van der Waals surface area contributed by atoms with Crippen LogP contribution in [0, 0.1) is 16.7 Å². The predicted molar refractivity (Wildman–Crippen MR) is 119 cm³/mol. The summed E-state index contributed by atoms with van der Waals surface area (Å²) >= 11 is 0. The number of carbonyl (C=O) groups excluding carboxylic acids is 1. The van der Waals surface area contributed by atoms with Gasteiger partial charge in [0, 0.05) is 18.5 Å². The number of rotatable bonds is 7. The summed E-state index contributed by atoms with van der Waals surface area (Å²) in [6.45, 7) is 1.53. The third kappa shape index (κ3) is 5.56. The zero-order valence-electron chi connectivity index (χ0n) is 18.4. The minimum absolute atomic E-state index is 0.0541. The van der Waals surface area contributed by atoms with Crippen molar-refractivity contribution in [3.8, 4) is 6.07 Å². The van der Waals surface area contributed by atoms with E-state index >= 15 is 0 Å². The molecule has 2 aromatic rings. The highest BCUT2D eigenvalue weighted by Gasteiger charge is 2.53. The molecule has 7 heteroatoms. The number of nitrogens with zero attached hydrogens (tertiary/aromatic N) is 2. The van der Waals surface area contributed by atoms with Gasteiger partial charge >= 0.3 is 12.1 Å². The summed E-state index contributed by atoms with van der Waals surface area (Å²) in [4.78, 5) is 13.7. The van der Waals surface area contributed by atoms with E-state index in [2.05, 4.69) is 11.4 Å². The Bertz CT molecular complexity index is 992. The van der Waals surface area contributed by atoms with E-state index in [9.17, 15) is 18.0 Å². The Morgan fingerprint density at radius 3 is 2.30 bits per heavy atom. The van der Waals surface area contributed by atoms with Crippen molar-refractivity contribution in [1.29, 1.82) is 5.26 Å². The first kappa shape index (κ1) is 23.3. The lowest BCUT2D eigenvalue weighted by Crippen LogP contribution is -2.51. The summed E-state index contributed by atoms with van der Waals surface area (Å²) in [7, 11) is 0. The molecule has 2 atom stereocenters. The fraction of sp³-hybridized carbons (Fsp3) is 0.462. The van der Waals surface area contributed by atoms with Gasteiger partial charge in [-0.25, -0.2) is 0 Å². The van der Waals surface area contributed by atoms with Gasteiger partial charge < -0.3 is 10.2 Å². The minimum Gasteiger partial charge on any atom is -0.331 e. The van der Waals surface area contributed by atoms with Gasteiger partial charge in [-0.05, 0) is 60.9 Å². The summed E-state index contributed by atoms with van der Waals surface area (Å²) in [5.74, 6) is -1.78. The van der Waals surface area contributed by atoms with Gasteiger partial charge in [0.15, 0.2) is 0 Å². The molecule has 0 bridgehead atoms. The van der Waals surface area contributed by atoms with Gasteiger partial charge in [-0.15, -0.1) is 0 Å². The number of nitrogens with one attached hydrogen (secondary N) is 1. The highest BCUT2D eigenvalue weighted by Crippen LogP contribution is 2.48. The van der Waals surface area contributed by atoms with E-state index in [1.54, 1.807) is 0 Å². The Balaban J connectivity index is 1.58. The molecule has 1 heterocycles. The van der Waals surface area contributed by atoms with Crippen LogP contribution in [-0.2, 0) is 17.6 Å². The molecule has 1 aliphatic heterocycles. The molecule has 0 radical (unpaired) electrons. The monoisotopic (exact) mass is 455 g/mol. The number of amides is 1. The first-order valence-electron chi connectivity index (χ1n) is 11.4. The van der Waals surface area contributed by atoms with E-state index in [0.29, 0.717) is 45.2 Å². The van der Waals surface area contributed by atoms with Crippen molar-refractivity contribution < 1.29 is 18.0 Å². The lowest BCUT2D eigenvalue weighted by atomic mass is 9.73. The van der Waals surface area contributed by atoms with Gasteiger partial charge in [0.25, 0.3) is 0 Å². The molecule has 174 valence electrons. The van der Waals surface area contributed by atoms with Crippen molar-refractivity contribution in [2.75, 3.05) is 19.6 Å². The van der Waals surface area contributed by atoms with Gasteiger partial charge in [-0.3, -0.25) is 4.79 Å². The quantitative estimate of drug-likeness (QED) is 0.663. The second-order valence-corrected chi connectivity index (χ2v) is 9.33. The predicted octanol–water partition coefficient (Wildman–Crippen LogP) is 4.61. The molecule has 0 spiro atoms. The van der Waals surface area contributed by atoms with Gasteiger partial charge in [0.2, 0.25) is 0 Å². The van der Waals surface area contributed by atoms with Crippen LogP contribution in [0.2, 0.25) is 0 Å². The highest BCUT2D eigenvalue weighted by molar-refractivity contribution is 5.82. The van der Waals surface area contributed by atoms with Crippen molar-refractivity contribution in [2.24, 2.45) is 5.41 Å². The number of nitriles is 1. The molecule has 33 heavy (non-hydrogen) atoms. The third-order valence-electron chi connectivity index (χ3n) is 6.94. The number of halogens is 3. The molecule has 1 aliphatic carbocycles. The van der Waals surface area contributed by atoms with E-state index in [-0.39, 0.29) is 12.5 Å². The van der Waals surface area contributed by atoms with Crippen molar-refractivity contribution in [3.05, 3.63) is 71.3 Å². The number of piperidine rings is 1. The van der Waals surface area contributed by atoms with Crippen LogP contribution in [0.15, 0.2) is 54.6 Å². The van der Waals surface area contributed by atoms with E-state index in [1.165, 1.54) is 0 Å². The number of benzene rings is 2. The van der Waals surface area contributed by atoms with E-state index < -0.39 is 23.5 Å². The lowest BCUT2D eigenvalue weighted by molar-refractivity contribution is -0.188. The summed E-state index contributed by atoms with van der Waals surface area (Å²) in [6.07, 6.45) is -1.99. The molecular formula is C26H28F3N3O. The van der Waals surface area contributed by atoms with E-state index in [4.69, 9.17) is 5.26 Å². The molecule has 2 fully saturated rings. The van der Waals surface area contributed by atoms with Crippen LogP contribution >= 0.6 is 0 Å². The van der Waals surface area contributed by atoms with Gasteiger partial charge in [-0.2, -0.15) is 18.4 Å². The molecule has 0 unspecified atom stereocenters. The van der Waals surface area contributed by atoms with Crippen LogP contribution < -0.4 is 5.32 Å². The van der Waals surface area contributed by atoms with Crippen LogP contribution in [0.25, 0.3) is 0 Å². The average molecular weight is 456 g/mol. The second kappa shape index (κ2) is 9.56. The largest absolute Gasteiger partial charge is 0.471 e. The van der Waals surface area contributed by atoms with Crippen molar-refractivity contribution in [2.45, 2.75) is 50.2 Å². The van der Waals surface area contributed by atoms with E-state index in [0.717, 1.165) is 21.6 Å². The Kier molecular flexibility index (Phi) is 6.76. The second-order valence-electron chi connectivity index (χ2n) is 9.33. The van der Waals surface area contributed by atoms with Gasteiger partial charge in [0.1, 0.15) is 0 Å². The number of hydrogen-bond acceptors (Lipinski definition) is 3. The fourth-order valence-electron chi connectivity index (χ4n) is 5.10. The molecule has 1 amide bonds. The molecule has 4 nitrogen and oxygen atoms in total. The number of alkyl halides is 3. The number of hydrogen-bond donors (Lipinski definition) is 1. The minimum atomic E-state index is -4.89. The Morgan fingerprint density at radius 1 is 1.06 bits per heavy atom. The number of carbonyl (C=O) groups is 1. The van der Waals surface area contributed by atoms with Crippen LogP contribution in [0.3, 0.4) is 0 Å². The van der Waals surface area contributed by atoms with Gasteiger partial charge in [-0.1, -0.05) is 54.6 Å². The Labute approximate surface area is 192 Å². The standard InChI is InChI=1S/C26H28F3N3O/c27-26(28,29)24(33)32(23-16-22(23)21-4-2-1-3-5-21)18-25(11-14-31-15-12-25)17-20-8-6-19(7-9-20)10-13-30/h1-9,22-23,31H,10-12,14-18H2/t22-,23-/m1/s1. The van der Waals surface area contributed by atoms with Crippen molar-refractivity contribution in [1.82, 2.24) is 10.2 Å². The zero-order valence-corrected chi connectivity index (χ0v) is 18.4. The SMILES string of the molecule is N#CCc1ccc(CC2(CN(C(=O)C(F)(F)F)[C@@H]3C[C@@H]3c3ccccc3)CCNCC2)cc1. The molecule has 2 aliphatic rings. The molecule has 4 rings (SSSR count). The smallest absolute Gasteiger partial charge is 0.331 e. The first-order chi connectivity index (χ1) is 15.8. The fourth-order valence-corrected chi connectivity index (χ4v) is 5.10. The molecule has 1 saturated heterocycles. The van der Waals surface area contributed by atoms with E-state index in [1.807, 2.05) is 54.6 Å². The molecule has 2 aromatic carbocycles. The van der Waals surface area contributed by atoms with Crippen LogP contribution in [0.4, 0.5) is 13.2 Å². The molecular weight excluding hydrogens is 427 g/mol. The van der Waals surface area contributed by atoms with Gasteiger partial charge in [0.05, 0.1) is 12.5 Å². The summed E-state index contributed by atoms with van der Waals surface area (Å²) < 4.78 is 40.8. The maximum Gasteiger partial charge on any atom is 0.471 e. The molecule has 1 saturated carbocycles. The maximum absolute atomic E-state index is 13.6. The Hall–Kier alpha value is -2.85. The third-order valence-corrected chi connectivity index (χ3v) is 6.94. The summed E-state index contributed by atoms with van der Waals surface area (Å²) in [5.41, 5.74) is 2.49. The summed E-state index contributed by atoms with van der Waals surface area (Å²) in [6, 6.07) is 18.9. The van der Waals surface area contributed by atoms with Crippen LogP contribution in [0.5, 0.6) is 0 Å².